The van der Waals surface area contributed by atoms with E-state index in [0.717, 1.165) is 5.56 Å². The summed E-state index contributed by atoms with van der Waals surface area (Å²) in [6.45, 7) is 1.45. The molecule has 0 radical (unpaired) electrons. The van der Waals surface area contributed by atoms with Crippen LogP contribution in [0.25, 0.3) is 11.1 Å². The number of hydrogen-bond donors (Lipinski definition) is 1. The zero-order valence-electron chi connectivity index (χ0n) is 10.5. The van der Waals surface area contributed by atoms with Crippen molar-refractivity contribution in [1.29, 1.82) is 0 Å². The van der Waals surface area contributed by atoms with Crippen molar-refractivity contribution in [3.63, 3.8) is 0 Å². The molecule has 0 unspecified atom stereocenters. The largest absolute Gasteiger partial charge is 0.389 e. The molecule has 0 spiro atoms. The molecule has 100 valence electrons. The lowest BCUT2D eigenvalue weighted by Gasteiger charge is -2.14. The van der Waals surface area contributed by atoms with Crippen LogP contribution in [0.5, 0.6) is 0 Å². The molecule has 4 heteroatoms. The smallest absolute Gasteiger partial charge is 0.140 e. The van der Waals surface area contributed by atoms with Gasteiger partial charge >= 0.3 is 0 Å². The van der Waals surface area contributed by atoms with E-state index in [-0.39, 0.29) is 0 Å². The number of alkyl halides is 1. The number of aliphatic hydroxyl groups excluding tert-OH is 1. The van der Waals surface area contributed by atoms with Crippen molar-refractivity contribution in [2.75, 3.05) is 13.1 Å². The van der Waals surface area contributed by atoms with Crippen LogP contribution in [-0.2, 0) is 6.54 Å². The normalized spacial score (nSPS) is 23.9. The average molecular weight is 277 g/mol. The monoisotopic (exact) mass is 277 g/mol. The Labute approximate surface area is 116 Å². The third-order valence-electron chi connectivity index (χ3n) is 3.51. The Morgan fingerprint density at radius 2 is 1.95 bits per heavy atom. The number of β-amino-alcohol motifs (C(OH)–C–C–N with tert-alkyl or cyclic N) is 1. The van der Waals surface area contributed by atoms with E-state index >= 15 is 0 Å². The van der Waals surface area contributed by atoms with Gasteiger partial charge in [0, 0.05) is 19.6 Å². The highest BCUT2D eigenvalue weighted by molar-refractivity contribution is 7.08. The van der Waals surface area contributed by atoms with Gasteiger partial charge in [0.05, 0.1) is 6.10 Å². The molecule has 1 aromatic heterocycles. The molecule has 1 N–H and O–H groups in total. The Kier molecular flexibility index (Phi) is 3.64. The Morgan fingerprint density at radius 1 is 1.16 bits per heavy atom. The molecule has 2 heterocycles. The van der Waals surface area contributed by atoms with Crippen LogP contribution in [0.4, 0.5) is 4.39 Å². The molecule has 3 rings (SSSR count). The van der Waals surface area contributed by atoms with Crippen LogP contribution in [0.1, 0.15) is 5.56 Å². The van der Waals surface area contributed by atoms with Crippen LogP contribution < -0.4 is 0 Å². The first-order valence-corrected chi connectivity index (χ1v) is 7.32. The lowest BCUT2D eigenvalue weighted by molar-refractivity contribution is 0.115. The Morgan fingerprint density at radius 3 is 2.53 bits per heavy atom. The number of benzene rings is 1. The number of aliphatic hydroxyl groups is 1. The van der Waals surface area contributed by atoms with Gasteiger partial charge in [0.1, 0.15) is 6.17 Å². The molecule has 1 aliphatic rings. The van der Waals surface area contributed by atoms with Crippen molar-refractivity contribution in [2.24, 2.45) is 0 Å². The van der Waals surface area contributed by atoms with Crippen molar-refractivity contribution in [3.8, 4) is 11.1 Å². The summed E-state index contributed by atoms with van der Waals surface area (Å²) in [5.74, 6) is 0. The van der Waals surface area contributed by atoms with Crippen molar-refractivity contribution < 1.29 is 9.50 Å². The highest BCUT2D eigenvalue weighted by atomic mass is 32.1. The molecule has 2 aromatic rings. The van der Waals surface area contributed by atoms with E-state index in [1.165, 1.54) is 11.1 Å². The van der Waals surface area contributed by atoms with Crippen molar-refractivity contribution >= 4 is 11.3 Å². The van der Waals surface area contributed by atoms with E-state index in [1.807, 2.05) is 4.90 Å². The van der Waals surface area contributed by atoms with Gasteiger partial charge in [0.15, 0.2) is 0 Å². The molecule has 19 heavy (non-hydrogen) atoms. The van der Waals surface area contributed by atoms with Crippen LogP contribution in [0, 0.1) is 0 Å². The van der Waals surface area contributed by atoms with Gasteiger partial charge < -0.3 is 5.11 Å². The number of likely N-dealkylation sites (tertiary alicyclic amines) is 1. The first-order valence-electron chi connectivity index (χ1n) is 6.38. The van der Waals surface area contributed by atoms with E-state index in [0.29, 0.717) is 19.6 Å². The summed E-state index contributed by atoms with van der Waals surface area (Å²) in [7, 11) is 0. The first kappa shape index (κ1) is 12.8. The topological polar surface area (TPSA) is 23.5 Å². The second kappa shape index (κ2) is 5.41. The number of halogens is 1. The average Bonchev–Trinajstić information content (AvgIpc) is 3.02. The number of hydrogen-bond acceptors (Lipinski definition) is 3. The summed E-state index contributed by atoms with van der Waals surface area (Å²) in [5, 5.41) is 13.6. The molecule has 2 atom stereocenters. The van der Waals surface area contributed by atoms with Gasteiger partial charge in [0.2, 0.25) is 0 Å². The van der Waals surface area contributed by atoms with Gasteiger partial charge in [-0.1, -0.05) is 24.3 Å². The molecule has 0 aliphatic carbocycles. The Hall–Kier alpha value is -1.23. The van der Waals surface area contributed by atoms with Gasteiger partial charge in [-0.25, -0.2) is 4.39 Å². The highest BCUT2D eigenvalue weighted by Crippen LogP contribution is 2.23. The van der Waals surface area contributed by atoms with Gasteiger partial charge in [0.25, 0.3) is 0 Å². The van der Waals surface area contributed by atoms with E-state index < -0.39 is 12.3 Å². The fraction of sp³-hybridized carbons (Fsp3) is 0.333. The standard InChI is InChI=1S/C15H16FNOS/c16-14-8-17(9-15(14)18)7-11-1-3-12(4-2-11)13-5-6-19-10-13/h1-6,10,14-15,18H,7-9H2/t14-,15-/m1/s1. The lowest BCUT2D eigenvalue weighted by Crippen LogP contribution is -2.21. The minimum atomic E-state index is -1.11. The second-order valence-corrected chi connectivity index (χ2v) is 5.77. The van der Waals surface area contributed by atoms with E-state index in [2.05, 4.69) is 41.1 Å². The van der Waals surface area contributed by atoms with Crippen molar-refractivity contribution in [2.45, 2.75) is 18.8 Å². The molecule has 2 nitrogen and oxygen atoms in total. The number of thiophene rings is 1. The molecule has 1 aromatic carbocycles. The SMILES string of the molecule is O[C@@H]1CN(Cc2ccc(-c3ccsc3)cc2)C[C@H]1F. The van der Waals surface area contributed by atoms with Crippen LogP contribution in [0.2, 0.25) is 0 Å². The second-order valence-electron chi connectivity index (χ2n) is 4.99. The quantitative estimate of drug-likeness (QED) is 0.932. The maximum Gasteiger partial charge on any atom is 0.140 e. The molecule has 1 aliphatic heterocycles. The van der Waals surface area contributed by atoms with Crippen LogP contribution >= 0.6 is 11.3 Å². The van der Waals surface area contributed by atoms with E-state index in [9.17, 15) is 9.50 Å². The lowest BCUT2D eigenvalue weighted by atomic mass is 10.1. The van der Waals surface area contributed by atoms with Gasteiger partial charge in [-0.15, -0.1) is 0 Å². The van der Waals surface area contributed by atoms with Crippen LogP contribution in [0.15, 0.2) is 41.1 Å². The summed E-state index contributed by atoms with van der Waals surface area (Å²) in [6.07, 6.45) is -1.94. The van der Waals surface area contributed by atoms with E-state index in [1.54, 1.807) is 11.3 Å². The Bertz CT molecular complexity index is 516. The summed E-state index contributed by atoms with van der Waals surface area (Å²) < 4.78 is 13.2. The predicted octanol–water partition coefficient (Wildman–Crippen LogP) is 2.93. The summed E-state index contributed by atoms with van der Waals surface area (Å²) in [6, 6.07) is 10.4. The van der Waals surface area contributed by atoms with Crippen molar-refractivity contribution in [1.82, 2.24) is 4.90 Å². The zero-order valence-corrected chi connectivity index (χ0v) is 11.3. The van der Waals surface area contributed by atoms with Gasteiger partial charge in [-0.2, -0.15) is 11.3 Å². The van der Waals surface area contributed by atoms with Crippen molar-refractivity contribution in [3.05, 3.63) is 46.7 Å². The summed E-state index contributed by atoms with van der Waals surface area (Å²) in [5.41, 5.74) is 3.59. The van der Waals surface area contributed by atoms with Gasteiger partial charge in [-0.05, 0) is 33.5 Å². The van der Waals surface area contributed by atoms with Crippen LogP contribution in [0.3, 0.4) is 0 Å². The minimum Gasteiger partial charge on any atom is -0.389 e. The fourth-order valence-electron chi connectivity index (χ4n) is 2.44. The zero-order chi connectivity index (χ0) is 13.2. The molecule has 0 amide bonds. The highest BCUT2D eigenvalue weighted by Gasteiger charge is 2.30. The third kappa shape index (κ3) is 2.86. The molecular weight excluding hydrogens is 261 g/mol. The predicted molar refractivity (Wildman–Crippen MR) is 75.9 cm³/mol. The molecule has 1 fully saturated rings. The maximum atomic E-state index is 13.2. The van der Waals surface area contributed by atoms with Gasteiger partial charge in [-0.3, -0.25) is 4.90 Å². The maximum absolute atomic E-state index is 13.2. The first-order chi connectivity index (χ1) is 9.22. The third-order valence-corrected chi connectivity index (χ3v) is 4.19. The molecular formula is C15H16FNOS. The Balaban J connectivity index is 1.67. The summed E-state index contributed by atoms with van der Waals surface area (Å²) >= 11 is 1.69. The molecule has 0 bridgehead atoms. The van der Waals surface area contributed by atoms with E-state index in [4.69, 9.17) is 0 Å². The summed E-state index contributed by atoms with van der Waals surface area (Å²) in [4.78, 5) is 1.95. The minimum absolute atomic E-state index is 0.327. The van der Waals surface area contributed by atoms with Crippen LogP contribution in [-0.4, -0.2) is 35.4 Å². The molecule has 0 saturated carbocycles. The number of nitrogens with zero attached hydrogens (tertiary/aromatic N) is 1. The molecule has 1 saturated heterocycles. The number of rotatable bonds is 3. The fourth-order valence-corrected chi connectivity index (χ4v) is 3.11.